The lowest BCUT2D eigenvalue weighted by Gasteiger charge is -2.07. The van der Waals surface area contributed by atoms with Gasteiger partial charge in [-0.2, -0.15) is 0 Å². The molecule has 20 heavy (non-hydrogen) atoms. The van der Waals surface area contributed by atoms with E-state index < -0.39 is 5.97 Å². The van der Waals surface area contributed by atoms with E-state index in [0.29, 0.717) is 14.6 Å². The van der Waals surface area contributed by atoms with Crippen molar-refractivity contribution < 1.29 is 9.90 Å². The molecule has 0 radical (unpaired) electrons. The Morgan fingerprint density at radius 1 is 1.30 bits per heavy atom. The van der Waals surface area contributed by atoms with Crippen molar-refractivity contribution in [3.8, 4) is 0 Å². The average Bonchev–Trinajstić information content (AvgIpc) is 2.85. The molecule has 0 unspecified atom stereocenters. The van der Waals surface area contributed by atoms with Gasteiger partial charge in [0.25, 0.3) is 0 Å². The van der Waals surface area contributed by atoms with Crippen molar-refractivity contribution in [2.24, 2.45) is 0 Å². The normalized spacial score (nSPS) is 10.0. The lowest BCUT2D eigenvalue weighted by Crippen LogP contribution is -2.18. The fourth-order valence-electron chi connectivity index (χ4n) is 1.22. The molecule has 2 aromatic rings. The van der Waals surface area contributed by atoms with Crippen LogP contribution < -0.4 is 10.6 Å². The fraction of sp³-hybridized carbons (Fsp3) is 0.0909. The molecule has 0 saturated heterocycles. The molecule has 104 valence electrons. The van der Waals surface area contributed by atoms with Gasteiger partial charge in [-0.05, 0) is 24.4 Å². The monoisotopic (exact) mass is 326 g/mol. The first-order chi connectivity index (χ1) is 9.63. The summed E-state index contributed by atoms with van der Waals surface area (Å²) in [6.07, 6.45) is 0. The van der Waals surface area contributed by atoms with Crippen molar-refractivity contribution in [3.05, 3.63) is 30.3 Å². The quantitative estimate of drug-likeness (QED) is 0.571. The van der Waals surface area contributed by atoms with E-state index in [9.17, 15) is 4.79 Å². The Kier molecular flexibility index (Phi) is 5.27. The Hall–Kier alpha value is -1.71. The SMILES string of the molecule is O=C(O)CSc1nnc(NC(=S)Nc2ccccc2)s1. The van der Waals surface area contributed by atoms with Crippen molar-refractivity contribution >= 4 is 57.2 Å². The van der Waals surface area contributed by atoms with Crippen LogP contribution in [0.2, 0.25) is 0 Å². The number of hydrogen-bond acceptors (Lipinski definition) is 6. The minimum atomic E-state index is -0.888. The van der Waals surface area contributed by atoms with Crippen LogP contribution in [0.25, 0.3) is 0 Å². The highest BCUT2D eigenvalue weighted by Crippen LogP contribution is 2.25. The van der Waals surface area contributed by atoms with E-state index in [-0.39, 0.29) is 5.75 Å². The molecule has 0 spiro atoms. The molecule has 0 atom stereocenters. The Bertz CT molecular complexity index is 603. The predicted octanol–water partition coefficient (Wildman–Crippen LogP) is 2.52. The number of anilines is 2. The summed E-state index contributed by atoms with van der Waals surface area (Å²) in [4.78, 5) is 10.4. The number of nitrogens with one attached hydrogen (secondary N) is 2. The molecule has 0 amide bonds. The van der Waals surface area contributed by atoms with Crippen molar-refractivity contribution in [1.29, 1.82) is 0 Å². The average molecular weight is 326 g/mol. The van der Waals surface area contributed by atoms with Gasteiger partial charge >= 0.3 is 5.97 Å². The Morgan fingerprint density at radius 2 is 2.05 bits per heavy atom. The standard InChI is InChI=1S/C11H10N4O2S3/c16-8(17)6-19-11-15-14-10(20-11)13-9(18)12-7-4-2-1-3-5-7/h1-5H,6H2,(H,16,17)(H2,12,13,14,18). The molecule has 1 aromatic heterocycles. The highest BCUT2D eigenvalue weighted by Gasteiger charge is 2.08. The van der Waals surface area contributed by atoms with Crippen LogP contribution in [-0.4, -0.2) is 32.1 Å². The largest absolute Gasteiger partial charge is 0.481 e. The van der Waals surface area contributed by atoms with Crippen LogP contribution in [0.1, 0.15) is 0 Å². The van der Waals surface area contributed by atoms with Gasteiger partial charge in [0.05, 0.1) is 5.75 Å². The summed E-state index contributed by atoms with van der Waals surface area (Å²) in [6.45, 7) is 0. The number of para-hydroxylation sites is 1. The molecule has 0 aliphatic rings. The van der Waals surface area contributed by atoms with E-state index >= 15 is 0 Å². The summed E-state index contributed by atoms with van der Waals surface area (Å²) in [6, 6.07) is 9.50. The van der Waals surface area contributed by atoms with E-state index in [2.05, 4.69) is 20.8 Å². The van der Waals surface area contributed by atoms with Crippen molar-refractivity contribution in [3.63, 3.8) is 0 Å². The summed E-state index contributed by atoms with van der Waals surface area (Å²) in [5, 5.41) is 23.2. The maximum atomic E-state index is 10.4. The number of hydrogen-bond donors (Lipinski definition) is 3. The molecule has 3 N–H and O–H groups in total. The minimum Gasteiger partial charge on any atom is -0.481 e. The second-order valence-electron chi connectivity index (χ2n) is 3.50. The zero-order valence-corrected chi connectivity index (χ0v) is 12.5. The summed E-state index contributed by atoms with van der Waals surface area (Å²) < 4.78 is 0.581. The lowest BCUT2D eigenvalue weighted by atomic mass is 10.3. The summed E-state index contributed by atoms with van der Waals surface area (Å²) in [5.74, 6) is -0.928. The van der Waals surface area contributed by atoms with E-state index in [1.54, 1.807) is 0 Å². The maximum absolute atomic E-state index is 10.4. The van der Waals surface area contributed by atoms with Crippen molar-refractivity contribution in [2.75, 3.05) is 16.4 Å². The number of nitrogens with zero attached hydrogens (tertiary/aromatic N) is 2. The number of carboxylic acids is 1. The highest BCUT2D eigenvalue weighted by molar-refractivity contribution is 8.01. The first-order valence-electron chi connectivity index (χ1n) is 5.44. The first-order valence-corrected chi connectivity index (χ1v) is 7.65. The molecule has 0 saturated carbocycles. The molecule has 9 heteroatoms. The minimum absolute atomic E-state index is 0.0403. The van der Waals surface area contributed by atoms with Gasteiger partial charge in [0.2, 0.25) is 5.13 Å². The van der Waals surface area contributed by atoms with Crippen LogP contribution in [0.3, 0.4) is 0 Å². The van der Waals surface area contributed by atoms with E-state index in [1.807, 2.05) is 30.3 Å². The number of aliphatic carboxylic acids is 1. The molecular formula is C11H10N4O2S3. The summed E-state index contributed by atoms with van der Waals surface area (Å²) in [7, 11) is 0. The van der Waals surface area contributed by atoms with Crippen LogP contribution in [0.15, 0.2) is 34.7 Å². The van der Waals surface area contributed by atoms with Gasteiger partial charge in [-0.25, -0.2) is 0 Å². The zero-order valence-electron chi connectivity index (χ0n) is 10.1. The fourth-order valence-corrected chi connectivity index (χ4v) is 2.98. The third-order valence-corrected chi connectivity index (χ3v) is 4.14. The van der Waals surface area contributed by atoms with Crippen LogP contribution >= 0.6 is 35.3 Å². The Morgan fingerprint density at radius 3 is 2.75 bits per heavy atom. The molecule has 6 nitrogen and oxygen atoms in total. The molecule has 0 aliphatic carbocycles. The smallest absolute Gasteiger partial charge is 0.313 e. The zero-order chi connectivity index (χ0) is 14.4. The predicted molar refractivity (Wildman–Crippen MR) is 84.6 cm³/mol. The van der Waals surface area contributed by atoms with Gasteiger partial charge in [0.15, 0.2) is 9.45 Å². The lowest BCUT2D eigenvalue weighted by molar-refractivity contribution is -0.133. The topological polar surface area (TPSA) is 87.1 Å². The van der Waals surface area contributed by atoms with Gasteiger partial charge in [-0.3, -0.25) is 4.79 Å². The summed E-state index contributed by atoms with van der Waals surface area (Å²) in [5.41, 5.74) is 0.870. The van der Waals surface area contributed by atoms with Gasteiger partial charge in [0, 0.05) is 5.69 Å². The number of thiocarbonyl (C=S) groups is 1. The van der Waals surface area contributed by atoms with Gasteiger partial charge in [-0.15, -0.1) is 10.2 Å². The first kappa shape index (κ1) is 14.7. The molecule has 0 aliphatic heterocycles. The van der Waals surface area contributed by atoms with Gasteiger partial charge < -0.3 is 15.7 Å². The molecule has 2 rings (SSSR count). The Labute approximate surface area is 128 Å². The number of benzene rings is 1. The third kappa shape index (κ3) is 4.76. The van der Waals surface area contributed by atoms with Crippen molar-refractivity contribution in [2.45, 2.75) is 4.34 Å². The molecule has 0 bridgehead atoms. The van der Waals surface area contributed by atoms with E-state index in [1.165, 1.54) is 11.3 Å². The van der Waals surface area contributed by atoms with Crippen LogP contribution in [0.4, 0.5) is 10.8 Å². The number of aromatic nitrogens is 2. The second-order valence-corrected chi connectivity index (χ2v) is 6.11. The van der Waals surface area contributed by atoms with Crippen LogP contribution in [0, 0.1) is 0 Å². The highest BCUT2D eigenvalue weighted by atomic mass is 32.2. The number of rotatable bonds is 5. The maximum Gasteiger partial charge on any atom is 0.313 e. The number of thioether (sulfide) groups is 1. The molecular weight excluding hydrogens is 316 g/mol. The number of carbonyl (C=O) groups is 1. The number of carboxylic acid groups (broad SMARTS) is 1. The van der Waals surface area contributed by atoms with Crippen LogP contribution in [0.5, 0.6) is 0 Å². The van der Waals surface area contributed by atoms with Gasteiger partial charge in [-0.1, -0.05) is 41.3 Å². The molecule has 1 aromatic carbocycles. The third-order valence-electron chi connectivity index (χ3n) is 1.98. The summed E-state index contributed by atoms with van der Waals surface area (Å²) >= 11 is 7.52. The van der Waals surface area contributed by atoms with Crippen molar-refractivity contribution in [1.82, 2.24) is 10.2 Å². The van der Waals surface area contributed by atoms with Crippen LogP contribution in [-0.2, 0) is 4.79 Å². The molecule has 0 fully saturated rings. The Balaban J connectivity index is 1.87. The van der Waals surface area contributed by atoms with E-state index in [0.717, 1.165) is 17.4 Å². The van der Waals surface area contributed by atoms with Gasteiger partial charge in [0.1, 0.15) is 0 Å². The molecule has 1 heterocycles. The second kappa shape index (κ2) is 7.17. The van der Waals surface area contributed by atoms with E-state index in [4.69, 9.17) is 17.3 Å².